The molecule has 0 saturated carbocycles. The fourth-order valence-corrected chi connectivity index (χ4v) is 3.85. The third-order valence-corrected chi connectivity index (χ3v) is 5.55. The van der Waals surface area contributed by atoms with Gasteiger partial charge in [-0.3, -0.25) is 4.79 Å². The number of nitrogens with one attached hydrogen (secondary N) is 1. The molecule has 1 amide bonds. The van der Waals surface area contributed by atoms with Gasteiger partial charge in [-0.05, 0) is 42.0 Å². The molecule has 1 aromatic heterocycles. The van der Waals surface area contributed by atoms with Gasteiger partial charge in [0.15, 0.2) is 5.76 Å². The predicted octanol–water partition coefficient (Wildman–Crippen LogP) is 7.01. The van der Waals surface area contributed by atoms with Gasteiger partial charge in [0, 0.05) is 32.2 Å². The van der Waals surface area contributed by atoms with E-state index in [2.05, 4.69) is 26.2 Å². The minimum absolute atomic E-state index is 0.251. The molecule has 0 aliphatic heterocycles. The normalized spacial score (nSPS) is 10.8. The third kappa shape index (κ3) is 4.59. The van der Waals surface area contributed by atoms with Crippen molar-refractivity contribution in [2.45, 2.75) is 6.54 Å². The fraction of sp³-hybridized carbons (Fsp3) is 0.0435. The number of aromatic nitrogens is 1. The van der Waals surface area contributed by atoms with E-state index in [-0.39, 0.29) is 12.5 Å². The van der Waals surface area contributed by atoms with Crippen molar-refractivity contribution in [2.75, 3.05) is 0 Å². The van der Waals surface area contributed by atoms with Crippen LogP contribution in [0.3, 0.4) is 0 Å². The predicted molar refractivity (Wildman–Crippen MR) is 123 cm³/mol. The number of hydrogen-bond donors (Lipinski definition) is 1. The van der Waals surface area contributed by atoms with Gasteiger partial charge in [-0.2, -0.15) is 0 Å². The van der Waals surface area contributed by atoms with Crippen molar-refractivity contribution in [3.05, 3.63) is 98.6 Å². The average Bonchev–Trinajstić information content (AvgIpc) is 3.23. The number of carbonyl (C=O) groups is 1. The van der Waals surface area contributed by atoms with E-state index in [0.29, 0.717) is 32.8 Å². The molecule has 1 N–H and O–H groups in total. The van der Waals surface area contributed by atoms with Gasteiger partial charge in [-0.15, -0.1) is 0 Å². The molecule has 4 rings (SSSR count). The second-order valence-electron chi connectivity index (χ2n) is 6.50. The molecule has 30 heavy (non-hydrogen) atoms. The van der Waals surface area contributed by atoms with Crippen molar-refractivity contribution in [3.8, 4) is 22.8 Å². The van der Waals surface area contributed by atoms with E-state index in [1.807, 2.05) is 30.3 Å². The van der Waals surface area contributed by atoms with Crippen molar-refractivity contribution in [1.29, 1.82) is 0 Å². The van der Waals surface area contributed by atoms with E-state index in [1.165, 1.54) is 0 Å². The lowest BCUT2D eigenvalue weighted by atomic mass is 10.1. The molecule has 0 fully saturated rings. The number of hydrogen-bond acceptors (Lipinski definition) is 3. The summed E-state index contributed by atoms with van der Waals surface area (Å²) in [6, 6.07) is 20.1. The van der Waals surface area contributed by atoms with Crippen molar-refractivity contribution < 1.29 is 9.21 Å². The van der Waals surface area contributed by atoms with E-state index < -0.39 is 0 Å². The highest BCUT2D eigenvalue weighted by molar-refractivity contribution is 9.10. The standard InChI is InChI=1S/C23H15BrCl2N2O2/c24-16-5-3-4-14(10-16)21-13-28-23(30-21)19-7-2-1-6-18(19)22(29)27-12-15-8-9-17(25)11-20(15)26/h1-11,13H,12H2,(H,27,29). The average molecular weight is 502 g/mol. The number of benzene rings is 3. The molecule has 0 aliphatic carbocycles. The number of amides is 1. The quantitative estimate of drug-likeness (QED) is 0.320. The zero-order valence-corrected chi connectivity index (χ0v) is 18.6. The van der Waals surface area contributed by atoms with Gasteiger partial charge in [-0.1, -0.05) is 69.5 Å². The van der Waals surface area contributed by atoms with Gasteiger partial charge in [0.1, 0.15) is 0 Å². The van der Waals surface area contributed by atoms with E-state index in [1.54, 1.807) is 42.6 Å². The molecule has 150 valence electrons. The summed E-state index contributed by atoms with van der Waals surface area (Å²) in [6.07, 6.45) is 1.65. The summed E-state index contributed by atoms with van der Waals surface area (Å²) >= 11 is 15.6. The topological polar surface area (TPSA) is 55.1 Å². The molecule has 4 aromatic rings. The van der Waals surface area contributed by atoms with Crippen LogP contribution in [0.5, 0.6) is 0 Å². The zero-order chi connectivity index (χ0) is 21.1. The Bertz CT molecular complexity index is 1220. The monoisotopic (exact) mass is 500 g/mol. The van der Waals surface area contributed by atoms with Gasteiger partial charge in [0.2, 0.25) is 5.89 Å². The van der Waals surface area contributed by atoms with Crippen molar-refractivity contribution in [2.24, 2.45) is 0 Å². The fourth-order valence-electron chi connectivity index (χ4n) is 2.98. The van der Waals surface area contributed by atoms with Crippen LogP contribution in [0.4, 0.5) is 0 Å². The number of rotatable bonds is 5. The molecule has 4 nitrogen and oxygen atoms in total. The maximum atomic E-state index is 12.9. The summed E-state index contributed by atoms with van der Waals surface area (Å²) in [5.41, 5.74) is 2.74. The lowest BCUT2D eigenvalue weighted by molar-refractivity contribution is 0.0951. The minimum atomic E-state index is -0.251. The van der Waals surface area contributed by atoms with Crippen LogP contribution in [-0.2, 0) is 6.54 Å². The highest BCUT2D eigenvalue weighted by Gasteiger charge is 2.17. The summed E-state index contributed by atoms with van der Waals surface area (Å²) in [5, 5.41) is 3.94. The summed E-state index contributed by atoms with van der Waals surface area (Å²) in [4.78, 5) is 17.2. The zero-order valence-electron chi connectivity index (χ0n) is 15.5. The van der Waals surface area contributed by atoms with Crippen LogP contribution in [0.2, 0.25) is 10.0 Å². The second-order valence-corrected chi connectivity index (χ2v) is 8.26. The maximum absolute atomic E-state index is 12.9. The van der Waals surface area contributed by atoms with Crippen molar-refractivity contribution in [1.82, 2.24) is 10.3 Å². The van der Waals surface area contributed by atoms with Crippen LogP contribution in [0.15, 0.2) is 81.8 Å². The van der Waals surface area contributed by atoms with Crippen molar-refractivity contribution >= 4 is 45.0 Å². The highest BCUT2D eigenvalue weighted by Crippen LogP contribution is 2.29. The lowest BCUT2D eigenvalue weighted by Gasteiger charge is -2.09. The molecule has 0 radical (unpaired) electrons. The van der Waals surface area contributed by atoms with Crippen LogP contribution in [0.1, 0.15) is 15.9 Å². The Labute approximate surface area is 192 Å². The number of oxazole rings is 1. The van der Waals surface area contributed by atoms with Gasteiger partial charge < -0.3 is 9.73 Å². The largest absolute Gasteiger partial charge is 0.436 e. The molecule has 0 bridgehead atoms. The molecule has 7 heteroatoms. The SMILES string of the molecule is O=C(NCc1ccc(Cl)cc1Cl)c1ccccc1-c1ncc(-c2cccc(Br)c2)o1. The highest BCUT2D eigenvalue weighted by atomic mass is 79.9. The van der Waals surface area contributed by atoms with E-state index in [0.717, 1.165) is 15.6 Å². The summed E-state index contributed by atoms with van der Waals surface area (Å²) in [5.74, 6) is 0.744. The molecule has 3 aromatic carbocycles. The second kappa shape index (κ2) is 9.04. The van der Waals surface area contributed by atoms with Gasteiger partial charge >= 0.3 is 0 Å². The van der Waals surface area contributed by atoms with E-state index in [9.17, 15) is 4.79 Å². The molecule has 0 spiro atoms. The summed E-state index contributed by atoms with van der Waals surface area (Å²) in [6.45, 7) is 0.276. The van der Waals surface area contributed by atoms with Gasteiger partial charge in [0.25, 0.3) is 5.91 Å². The Kier molecular flexibility index (Phi) is 6.23. The Morgan fingerprint density at radius 1 is 1.03 bits per heavy atom. The van der Waals surface area contributed by atoms with Crippen LogP contribution in [-0.4, -0.2) is 10.9 Å². The Balaban J connectivity index is 1.57. The number of halogens is 3. The summed E-state index contributed by atoms with van der Waals surface area (Å²) in [7, 11) is 0. The first-order chi connectivity index (χ1) is 14.5. The van der Waals surface area contributed by atoms with Gasteiger partial charge in [-0.25, -0.2) is 4.98 Å². The van der Waals surface area contributed by atoms with E-state index in [4.69, 9.17) is 27.6 Å². The smallest absolute Gasteiger partial charge is 0.252 e. The molecule has 0 aliphatic rings. The lowest BCUT2D eigenvalue weighted by Crippen LogP contribution is -2.23. The molecule has 1 heterocycles. The van der Waals surface area contributed by atoms with Gasteiger partial charge in [0.05, 0.1) is 11.8 Å². The van der Waals surface area contributed by atoms with Crippen LogP contribution < -0.4 is 5.32 Å². The molecular weight excluding hydrogens is 487 g/mol. The molecule has 0 atom stereocenters. The maximum Gasteiger partial charge on any atom is 0.252 e. The molecule has 0 unspecified atom stereocenters. The first kappa shape index (κ1) is 20.7. The Morgan fingerprint density at radius 3 is 2.67 bits per heavy atom. The first-order valence-electron chi connectivity index (χ1n) is 9.04. The molecule has 0 saturated heterocycles. The Morgan fingerprint density at radius 2 is 1.87 bits per heavy atom. The third-order valence-electron chi connectivity index (χ3n) is 4.47. The minimum Gasteiger partial charge on any atom is -0.436 e. The van der Waals surface area contributed by atoms with Crippen molar-refractivity contribution in [3.63, 3.8) is 0 Å². The van der Waals surface area contributed by atoms with E-state index >= 15 is 0 Å². The molecular formula is C23H15BrCl2N2O2. The number of carbonyl (C=O) groups excluding carboxylic acids is 1. The first-order valence-corrected chi connectivity index (χ1v) is 10.6. The Hall–Kier alpha value is -2.60. The number of nitrogens with zero attached hydrogens (tertiary/aromatic N) is 1. The summed E-state index contributed by atoms with van der Waals surface area (Å²) < 4.78 is 6.89. The van der Waals surface area contributed by atoms with Crippen LogP contribution in [0, 0.1) is 0 Å². The van der Waals surface area contributed by atoms with Crippen LogP contribution in [0.25, 0.3) is 22.8 Å². The van der Waals surface area contributed by atoms with Crippen LogP contribution >= 0.6 is 39.1 Å².